The van der Waals surface area contributed by atoms with Gasteiger partial charge in [-0.15, -0.1) is 0 Å². The summed E-state index contributed by atoms with van der Waals surface area (Å²) in [6, 6.07) is 0. The zero-order valence-corrected chi connectivity index (χ0v) is 47.8. The highest BCUT2D eigenvalue weighted by atomic mass is 16.6. The summed E-state index contributed by atoms with van der Waals surface area (Å²) >= 11 is 0. The molecule has 0 aromatic heterocycles. The standard InChI is InChI=1S/C65H120O6/c1-4-7-10-13-16-19-22-25-27-29-30-31-32-33-34-36-37-40-43-46-49-52-55-58-64(67)70-61-62(60-69-63(66)57-54-51-48-45-42-39-24-21-18-15-12-9-6-3)71-65(68)59-56-53-50-47-44-41-38-35-28-26-23-20-17-14-11-8-5-2/h17,20-21,24,26,28,62H,4-16,18-19,22-23,25,27,29-61H2,1-3H3/b20-17-,24-21-,28-26-. The molecule has 0 amide bonds. The summed E-state index contributed by atoms with van der Waals surface area (Å²) in [5.41, 5.74) is 0. The van der Waals surface area contributed by atoms with E-state index in [-0.39, 0.29) is 31.1 Å². The molecule has 0 aliphatic heterocycles. The molecule has 0 heterocycles. The first-order valence-corrected chi connectivity index (χ1v) is 31.5. The van der Waals surface area contributed by atoms with Crippen molar-refractivity contribution in [3.05, 3.63) is 36.5 Å². The van der Waals surface area contributed by atoms with Crippen molar-refractivity contribution in [3.8, 4) is 0 Å². The lowest BCUT2D eigenvalue weighted by Gasteiger charge is -2.18. The first-order valence-electron chi connectivity index (χ1n) is 31.5. The monoisotopic (exact) mass is 997 g/mol. The lowest BCUT2D eigenvalue weighted by molar-refractivity contribution is -0.167. The zero-order valence-electron chi connectivity index (χ0n) is 47.8. The first-order chi connectivity index (χ1) is 35.0. The number of unbranched alkanes of at least 4 members (excludes halogenated alkanes) is 41. The lowest BCUT2D eigenvalue weighted by atomic mass is 10.0. The van der Waals surface area contributed by atoms with Gasteiger partial charge in [0.2, 0.25) is 0 Å². The van der Waals surface area contributed by atoms with Crippen LogP contribution in [-0.2, 0) is 28.6 Å². The van der Waals surface area contributed by atoms with Gasteiger partial charge in [-0.05, 0) is 77.0 Å². The Kier molecular flexibility index (Phi) is 58.2. The van der Waals surface area contributed by atoms with Gasteiger partial charge in [0.25, 0.3) is 0 Å². The van der Waals surface area contributed by atoms with Crippen molar-refractivity contribution in [1.82, 2.24) is 0 Å². The molecule has 0 aliphatic carbocycles. The minimum atomic E-state index is -0.777. The van der Waals surface area contributed by atoms with E-state index < -0.39 is 6.10 Å². The van der Waals surface area contributed by atoms with Gasteiger partial charge in [0.05, 0.1) is 0 Å². The van der Waals surface area contributed by atoms with Crippen molar-refractivity contribution in [2.75, 3.05) is 13.2 Å². The highest BCUT2D eigenvalue weighted by molar-refractivity contribution is 5.71. The molecule has 0 aromatic rings. The summed E-state index contributed by atoms with van der Waals surface area (Å²) < 4.78 is 16.9. The second-order valence-electron chi connectivity index (χ2n) is 21.3. The van der Waals surface area contributed by atoms with Crippen LogP contribution >= 0.6 is 0 Å². The number of carbonyl (C=O) groups excluding carboxylic acids is 3. The molecule has 0 saturated heterocycles. The zero-order chi connectivity index (χ0) is 51.4. The van der Waals surface area contributed by atoms with E-state index in [9.17, 15) is 14.4 Å². The minimum Gasteiger partial charge on any atom is -0.462 e. The van der Waals surface area contributed by atoms with E-state index in [0.717, 1.165) is 77.0 Å². The van der Waals surface area contributed by atoms with Crippen LogP contribution in [-0.4, -0.2) is 37.2 Å². The van der Waals surface area contributed by atoms with Gasteiger partial charge >= 0.3 is 17.9 Å². The third-order valence-corrected chi connectivity index (χ3v) is 14.1. The molecule has 6 nitrogen and oxygen atoms in total. The van der Waals surface area contributed by atoms with Crippen molar-refractivity contribution < 1.29 is 28.6 Å². The number of allylic oxidation sites excluding steroid dienone is 6. The van der Waals surface area contributed by atoms with Crippen LogP contribution in [0.1, 0.15) is 342 Å². The van der Waals surface area contributed by atoms with E-state index in [0.29, 0.717) is 19.3 Å². The Morgan fingerprint density at radius 2 is 0.507 bits per heavy atom. The van der Waals surface area contributed by atoms with E-state index in [1.807, 2.05) is 0 Å². The van der Waals surface area contributed by atoms with Crippen molar-refractivity contribution in [3.63, 3.8) is 0 Å². The molecule has 1 unspecified atom stereocenters. The maximum atomic E-state index is 12.9. The largest absolute Gasteiger partial charge is 0.462 e. The van der Waals surface area contributed by atoms with Crippen LogP contribution in [0.4, 0.5) is 0 Å². The van der Waals surface area contributed by atoms with Gasteiger partial charge in [-0.2, -0.15) is 0 Å². The van der Waals surface area contributed by atoms with Gasteiger partial charge in [0, 0.05) is 19.3 Å². The third kappa shape index (κ3) is 58.4. The highest BCUT2D eigenvalue weighted by Gasteiger charge is 2.19. The number of hydrogen-bond acceptors (Lipinski definition) is 6. The number of ether oxygens (including phenoxy) is 3. The van der Waals surface area contributed by atoms with E-state index >= 15 is 0 Å². The van der Waals surface area contributed by atoms with Gasteiger partial charge in [-0.1, -0.05) is 282 Å². The summed E-state index contributed by atoms with van der Waals surface area (Å²) in [6.45, 7) is 6.64. The second kappa shape index (κ2) is 60.2. The maximum absolute atomic E-state index is 12.9. The molecule has 0 aliphatic rings. The fourth-order valence-electron chi connectivity index (χ4n) is 9.35. The number of hydrogen-bond donors (Lipinski definition) is 0. The number of esters is 3. The Hall–Kier alpha value is -2.37. The predicted octanol–water partition coefficient (Wildman–Crippen LogP) is 21.2. The van der Waals surface area contributed by atoms with Crippen molar-refractivity contribution >= 4 is 17.9 Å². The Bertz CT molecular complexity index is 1190. The van der Waals surface area contributed by atoms with Gasteiger partial charge < -0.3 is 14.2 Å². The Balaban J connectivity index is 4.27. The van der Waals surface area contributed by atoms with Crippen LogP contribution in [0.2, 0.25) is 0 Å². The van der Waals surface area contributed by atoms with Crippen LogP contribution < -0.4 is 0 Å². The molecule has 0 N–H and O–H groups in total. The van der Waals surface area contributed by atoms with E-state index in [1.54, 1.807) is 0 Å². The summed E-state index contributed by atoms with van der Waals surface area (Å²) in [7, 11) is 0. The van der Waals surface area contributed by atoms with Gasteiger partial charge in [0.15, 0.2) is 6.10 Å². The van der Waals surface area contributed by atoms with Crippen LogP contribution in [0.15, 0.2) is 36.5 Å². The van der Waals surface area contributed by atoms with Gasteiger partial charge in [-0.25, -0.2) is 0 Å². The molecule has 0 saturated carbocycles. The van der Waals surface area contributed by atoms with Gasteiger partial charge in [0.1, 0.15) is 13.2 Å². The first kappa shape index (κ1) is 68.6. The predicted molar refractivity (Wildman–Crippen MR) is 307 cm³/mol. The van der Waals surface area contributed by atoms with E-state index in [2.05, 4.69) is 57.2 Å². The Morgan fingerprint density at radius 3 is 0.831 bits per heavy atom. The Morgan fingerprint density at radius 1 is 0.282 bits per heavy atom. The molecule has 1 atom stereocenters. The van der Waals surface area contributed by atoms with Crippen LogP contribution in [0, 0.1) is 0 Å². The number of rotatable bonds is 58. The molecule has 0 rings (SSSR count). The summed E-state index contributed by atoms with van der Waals surface area (Å²) in [4.78, 5) is 38.2. The summed E-state index contributed by atoms with van der Waals surface area (Å²) in [6.07, 6.45) is 72.9. The topological polar surface area (TPSA) is 78.9 Å². The molecule has 416 valence electrons. The van der Waals surface area contributed by atoms with Crippen LogP contribution in [0.3, 0.4) is 0 Å². The van der Waals surface area contributed by atoms with Crippen molar-refractivity contribution in [2.24, 2.45) is 0 Å². The van der Waals surface area contributed by atoms with Crippen LogP contribution in [0.5, 0.6) is 0 Å². The second-order valence-corrected chi connectivity index (χ2v) is 21.3. The molecule has 0 aromatic carbocycles. The smallest absolute Gasteiger partial charge is 0.306 e. The maximum Gasteiger partial charge on any atom is 0.306 e. The number of carbonyl (C=O) groups is 3. The van der Waals surface area contributed by atoms with E-state index in [1.165, 1.54) is 225 Å². The lowest BCUT2D eigenvalue weighted by Crippen LogP contribution is -2.30. The molecular weight excluding hydrogens is 877 g/mol. The molecule has 71 heavy (non-hydrogen) atoms. The molecule has 0 bridgehead atoms. The summed E-state index contributed by atoms with van der Waals surface area (Å²) in [5, 5.41) is 0. The quantitative estimate of drug-likeness (QED) is 0.0261. The highest BCUT2D eigenvalue weighted by Crippen LogP contribution is 2.17. The minimum absolute atomic E-state index is 0.0741. The molecule has 0 spiro atoms. The fourth-order valence-corrected chi connectivity index (χ4v) is 9.35. The normalized spacial score (nSPS) is 12.2. The third-order valence-electron chi connectivity index (χ3n) is 14.1. The SMILES string of the molecule is CCCCC/C=C\C/C=C\CCCCCCCCCC(=O)OC(COC(=O)CCCCCCC/C=C\CCCCCC)COC(=O)CCCCCCCCCCCCCCCCCCCCCCCCC. The Labute approximate surface area is 442 Å². The van der Waals surface area contributed by atoms with Gasteiger partial charge in [-0.3, -0.25) is 14.4 Å². The van der Waals surface area contributed by atoms with Crippen molar-refractivity contribution in [1.29, 1.82) is 0 Å². The molecule has 0 fully saturated rings. The summed E-state index contributed by atoms with van der Waals surface area (Å²) in [5.74, 6) is -0.870. The van der Waals surface area contributed by atoms with E-state index in [4.69, 9.17) is 14.2 Å². The average Bonchev–Trinajstić information content (AvgIpc) is 3.37. The molecule has 0 radical (unpaired) electrons. The average molecular weight is 998 g/mol. The van der Waals surface area contributed by atoms with Crippen LogP contribution in [0.25, 0.3) is 0 Å². The molecule has 6 heteroatoms. The van der Waals surface area contributed by atoms with Crippen molar-refractivity contribution in [2.45, 2.75) is 348 Å². The molecular formula is C65H120O6. The fraction of sp³-hybridized carbons (Fsp3) is 0.862.